The van der Waals surface area contributed by atoms with Gasteiger partial charge in [0.2, 0.25) is 5.88 Å². The molecule has 0 saturated carbocycles. The highest BCUT2D eigenvalue weighted by Crippen LogP contribution is 2.30. The van der Waals surface area contributed by atoms with Crippen LogP contribution in [0, 0.1) is 11.7 Å². The van der Waals surface area contributed by atoms with E-state index in [1.807, 2.05) is 57.2 Å². The number of hydrogen-bond acceptors (Lipinski definition) is 5. The zero-order valence-electron chi connectivity index (χ0n) is 22.7. The van der Waals surface area contributed by atoms with Gasteiger partial charge in [-0.3, -0.25) is 4.79 Å². The molecule has 4 rings (SSSR count). The molecule has 1 atom stereocenters. The molecule has 1 saturated heterocycles. The lowest BCUT2D eigenvalue weighted by molar-refractivity contribution is 0.0178. The molecule has 1 aliphatic rings. The Morgan fingerprint density at radius 2 is 1.72 bits per heavy atom. The van der Waals surface area contributed by atoms with Crippen LogP contribution in [0.3, 0.4) is 0 Å². The molecule has 0 bridgehead atoms. The first-order valence-corrected chi connectivity index (χ1v) is 13.3. The first-order valence-electron chi connectivity index (χ1n) is 13.3. The number of halogens is 1. The van der Waals surface area contributed by atoms with E-state index >= 15 is 0 Å². The second-order valence-corrected chi connectivity index (χ2v) is 10.9. The van der Waals surface area contributed by atoms with E-state index in [2.05, 4.69) is 10.3 Å². The van der Waals surface area contributed by atoms with Gasteiger partial charge in [0.1, 0.15) is 18.0 Å². The van der Waals surface area contributed by atoms with Crippen molar-refractivity contribution in [3.63, 3.8) is 0 Å². The van der Waals surface area contributed by atoms with E-state index in [-0.39, 0.29) is 24.0 Å². The van der Waals surface area contributed by atoms with Gasteiger partial charge < -0.3 is 19.7 Å². The van der Waals surface area contributed by atoms with Gasteiger partial charge in [-0.1, -0.05) is 36.4 Å². The molecule has 206 valence electrons. The second-order valence-electron chi connectivity index (χ2n) is 10.9. The Morgan fingerprint density at radius 1 is 1.03 bits per heavy atom. The summed E-state index contributed by atoms with van der Waals surface area (Å²) >= 11 is 0. The van der Waals surface area contributed by atoms with Crippen LogP contribution in [0.5, 0.6) is 5.88 Å². The van der Waals surface area contributed by atoms with Gasteiger partial charge in [0.15, 0.2) is 0 Å². The molecule has 1 fully saturated rings. The molecule has 8 heteroatoms. The van der Waals surface area contributed by atoms with Crippen molar-refractivity contribution in [2.24, 2.45) is 5.92 Å². The summed E-state index contributed by atoms with van der Waals surface area (Å²) in [6.07, 6.45) is 3.71. The third kappa shape index (κ3) is 8.53. The number of rotatable bonds is 8. The highest BCUT2D eigenvalue weighted by molar-refractivity contribution is 5.94. The van der Waals surface area contributed by atoms with E-state index < -0.39 is 11.4 Å². The Hall–Kier alpha value is -3.94. The third-order valence-corrected chi connectivity index (χ3v) is 6.64. The van der Waals surface area contributed by atoms with E-state index in [0.717, 1.165) is 24.0 Å². The van der Waals surface area contributed by atoms with Crippen molar-refractivity contribution in [1.82, 2.24) is 15.2 Å². The van der Waals surface area contributed by atoms with Crippen LogP contribution in [0.4, 0.5) is 9.18 Å². The fraction of sp³-hybridized carbons (Fsp3) is 0.387. The lowest BCUT2D eigenvalue weighted by atomic mass is 9.88. The number of carbonyl (C=O) groups excluding carboxylic acids is 2. The minimum absolute atomic E-state index is 0.282. The topological polar surface area (TPSA) is 80.8 Å². The van der Waals surface area contributed by atoms with Crippen LogP contribution in [-0.4, -0.2) is 40.6 Å². The van der Waals surface area contributed by atoms with Gasteiger partial charge in [0, 0.05) is 30.9 Å². The van der Waals surface area contributed by atoms with E-state index in [9.17, 15) is 14.0 Å². The Morgan fingerprint density at radius 3 is 2.33 bits per heavy atom. The Balaban J connectivity index is 1.42. The number of ether oxygens (including phenoxy) is 2. The molecule has 1 aromatic heterocycles. The Labute approximate surface area is 229 Å². The number of hydrogen-bond donors (Lipinski definition) is 1. The summed E-state index contributed by atoms with van der Waals surface area (Å²) in [5, 5.41) is 3.11. The monoisotopic (exact) mass is 533 g/mol. The van der Waals surface area contributed by atoms with Crippen LogP contribution in [0.1, 0.15) is 67.6 Å². The molecule has 3 aromatic rings. The zero-order chi connectivity index (χ0) is 27.8. The van der Waals surface area contributed by atoms with Crippen LogP contribution in [0.15, 0.2) is 72.9 Å². The number of likely N-dealkylation sites (tertiary alicyclic amines) is 1. The standard InChI is InChI=1S/C31H36FN3O4/c1-31(2,3)39-30(37)35-17-15-22(16-18-35)19-27(34-29(36)24-9-12-26(32)13-10-24)25-11-14-28(33-20-25)38-21-23-7-5-4-6-8-23/h4-14,20,22,27H,15-19,21H2,1-3H3,(H,34,36). The lowest BCUT2D eigenvalue weighted by Crippen LogP contribution is -2.42. The average molecular weight is 534 g/mol. The summed E-state index contributed by atoms with van der Waals surface area (Å²) in [6.45, 7) is 7.19. The van der Waals surface area contributed by atoms with Crippen LogP contribution in [-0.2, 0) is 11.3 Å². The largest absolute Gasteiger partial charge is 0.473 e. The van der Waals surface area contributed by atoms with Gasteiger partial charge in [-0.2, -0.15) is 0 Å². The van der Waals surface area contributed by atoms with E-state index in [4.69, 9.17) is 9.47 Å². The highest BCUT2D eigenvalue weighted by atomic mass is 19.1. The maximum Gasteiger partial charge on any atom is 0.410 e. The number of nitrogens with one attached hydrogen (secondary N) is 1. The molecule has 1 N–H and O–H groups in total. The molecule has 2 aromatic carbocycles. The number of carbonyl (C=O) groups is 2. The molecule has 7 nitrogen and oxygen atoms in total. The second kappa shape index (κ2) is 12.7. The molecule has 2 amide bonds. The summed E-state index contributed by atoms with van der Waals surface area (Å²) in [7, 11) is 0. The summed E-state index contributed by atoms with van der Waals surface area (Å²) in [5.74, 6) is 0.110. The van der Waals surface area contributed by atoms with E-state index in [0.29, 0.717) is 37.6 Å². The van der Waals surface area contributed by atoms with Crippen LogP contribution >= 0.6 is 0 Å². The van der Waals surface area contributed by atoms with Gasteiger partial charge in [-0.05, 0) is 81.3 Å². The van der Waals surface area contributed by atoms with E-state index in [1.54, 1.807) is 17.2 Å². The van der Waals surface area contributed by atoms with Crippen molar-refractivity contribution >= 4 is 12.0 Å². The van der Waals surface area contributed by atoms with Gasteiger partial charge in [-0.25, -0.2) is 14.2 Å². The number of nitrogens with zero attached hydrogens (tertiary/aromatic N) is 2. The summed E-state index contributed by atoms with van der Waals surface area (Å²) in [5.41, 5.74) is 1.75. The fourth-order valence-corrected chi connectivity index (χ4v) is 4.55. The summed E-state index contributed by atoms with van der Waals surface area (Å²) < 4.78 is 24.7. The van der Waals surface area contributed by atoms with Gasteiger partial charge in [0.05, 0.1) is 6.04 Å². The van der Waals surface area contributed by atoms with Crippen molar-refractivity contribution in [3.05, 3.63) is 95.4 Å². The molecule has 2 heterocycles. The van der Waals surface area contributed by atoms with Gasteiger partial charge >= 0.3 is 6.09 Å². The van der Waals surface area contributed by atoms with Crippen molar-refractivity contribution in [1.29, 1.82) is 0 Å². The average Bonchev–Trinajstić information content (AvgIpc) is 2.92. The van der Waals surface area contributed by atoms with E-state index in [1.165, 1.54) is 24.3 Å². The van der Waals surface area contributed by atoms with Gasteiger partial charge in [0.25, 0.3) is 5.91 Å². The Kier molecular flexibility index (Phi) is 9.17. The maximum absolute atomic E-state index is 13.4. The number of benzene rings is 2. The first kappa shape index (κ1) is 28.1. The predicted octanol–water partition coefficient (Wildman–Crippen LogP) is 6.31. The normalized spacial score (nSPS) is 14.9. The number of aromatic nitrogens is 1. The summed E-state index contributed by atoms with van der Waals surface area (Å²) in [6, 6.07) is 18.8. The lowest BCUT2D eigenvalue weighted by Gasteiger charge is -2.35. The van der Waals surface area contributed by atoms with Gasteiger partial charge in [-0.15, -0.1) is 0 Å². The molecular weight excluding hydrogens is 497 g/mol. The molecule has 0 aliphatic carbocycles. The SMILES string of the molecule is CC(C)(C)OC(=O)N1CCC(CC(NC(=O)c2ccc(F)cc2)c2ccc(OCc3ccccc3)nc2)CC1. The van der Waals surface area contributed by atoms with Crippen LogP contribution in [0.2, 0.25) is 0 Å². The quantitative estimate of drug-likeness (QED) is 0.367. The van der Waals surface area contributed by atoms with Crippen molar-refractivity contribution < 1.29 is 23.5 Å². The molecule has 0 spiro atoms. The predicted molar refractivity (Wildman–Crippen MR) is 147 cm³/mol. The number of amides is 2. The zero-order valence-corrected chi connectivity index (χ0v) is 22.7. The summed E-state index contributed by atoms with van der Waals surface area (Å²) in [4.78, 5) is 31.7. The molecule has 1 unspecified atom stereocenters. The van der Waals surface area contributed by atoms with Crippen LogP contribution in [0.25, 0.3) is 0 Å². The fourth-order valence-electron chi connectivity index (χ4n) is 4.55. The molecule has 0 radical (unpaired) electrons. The minimum Gasteiger partial charge on any atom is -0.473 e. The molecule has 39 heavy (non-hydrogen) atoms. The highest BCUT2D eigenvalue weighted by Gasteiger charge is 2.29. The molecule has 1 aliphatic heterocycles. The maximum atomic E-state index is 13.4. The van der Waals surface area contributed by atoms with Crippen molar-refractivity contribution in [3.8, 4) is 5.88 Å². The van der Waals surface area contributed by atoms with Crippen LogP contribution < -0.4 is 10.1 Å². The number of pyridine rings is 1. The van der Waals surface area contributed by atoms with Crippen molar-refractivity contribution in [2.45, 2.75) is 58.3 Å². The number of piperidine rings is 1. The molecular formula is C31H36FN3O4. The van der Waals surface area contributed by atoms with Crippen molar-refractivity contribution in [2.75, 3.05) is 13.1 Å². The first-order chi connectivity index (χ1) is 18.7. The smallest absolute Gasteiger partial charge is 0.410 e. The third-order valence-electron chi connectivity index (χ3n) is 6.64. The minimum atomic E-state index is -0.534. The Bertz CT molecular complexity index is 1220.